The Bertz CT molecular complexity index is 1420. The second kappa shape index (κ2) is 11.7. The molecule has 1 aliphatic heterocycles. The molecule has 0 aromatic heterocycles. The molecule has 5 rings (SSSR count). The summed E-state index contributed by atoms with van der Waals surface area (Å²) in [5, 5.41) is 3.41. The quantitative estimate of drug-likeness (QED) is 0.308. The summed E-state index contributed by atoms with van der Waals surface area (Å²) in [5.41, 5.74) is 4.67. The van der Waals surface area contributed by atoms with E-state index >= 15 is 0 Å². The Morgan fingerprint density at radius 1 is 0.868 bits per heavy atom. The van der Waals surface area contributed by atoms with Crippen molar-refractivity contribution in [3.63, 3.8) is 0 Å². The molecule has 0 fully saturated rings. The van der Waals surface area contributed by atoms with Gasteiger partial charge in [-0.2, -0.15) is 0 Å². The molecule has 1 atom stereocenters. The smallest absolute Gasteiger partial charge is 0.258 e. The van der Waals surface area contributed by atoms with E-state index in [2.05, 4.69) is 30.4 Å². The van der Waals surface area contributed by atoms with Gasteiger partial charge in [0.15, 0.2) is 0 Å². The molecule has 2 amide bonds. The van der Waals surface area contributed by atoms with Gasteiger partial charge in [0.2, 0.25) is 0 Å². The summed E-state index contributed by atoms with van der Waals surface area (Å²) in [6, 6.07) is 32.8. The van der Waals surface area contributed by atoms with Gasteiger partial charge in [-0.15, -0.1) is 11.8 Å². The lowest BCUT2D eigenvalue weighted by molar-refractivity contribution is 0.0985. The van der Waals surface area contributed by atoms with E-state index in [0.29, 0.717) is 28.6 Å². The molecule has 0 saturated heterocycles. The van der Waals surface area contributed by atoms with Gasteiger partial charge < -0.3 is 15.1 Å². The van der Waals surface area contributed by atoms with Crippen LogP contribution in [0.1, 0.15) is 27.1 Å². The molecule has 0 saturated carbocycles. The van der Waals surface area contributed by atoms with Gasteiger partial charge >= 0.3 is 0 Å². The number of anilines is 2. The number of thioether (sulfide) groups is 1. The van der Waals surface area contributed by atoms with Gasteiger partial charge in [-0.05, 0) is 74.1 Å². The van der Waals surface area contributed by atoms with Gasteiger partial charge in [0, 0.05) is 40.0 Å². The van der Waals surface area contributed by atoms with Crippen LogP contribution < -0.4 is 10.2 Å². The van der Waals surface area contributed by atoms with E-state index in [4.69, 9.17) is 0 Å². The number of carbonyl (C=O) groups excluding carboxylic acids is 2. The zero-order chi connectivity index (χ0) is 26.5. The number of nitrogens with zero attached hydrogens (tertiary/aromatic N) is 2. The standard InChI is InChI=1S/C32H31N3O2S/c1-34(2)22-26-20-21-35(29-14-8-9-15-30(29)38-26)32(37)24-16-18-25(19-17-24)33-31(36)28-13-7-6-12-27(28)23-10-4-3-5-11-23/h3-19,26H,20-22H2,1-2H3,(H,33,36). The molecule has 1 heterocycles. The lowest BCUT2D eigenvalue weighted by Crippen LogP contribution is -2.33. The van der Waals surface area contributed by atoms with Crippen molar-refractivity contribution >= 4 is 35.0 Å². The third-order valence-electron chi connectivity index (χ3n) is 6.58. The summed E-state index contributed by atoms with van der Waals surface area (Å²) in [6.45, 7) is 1.62. The molecule has 0 bridgehead atoms. The molecule has 1 aliphatic rings. The SMILES string of the molecule is CN(C)CC1CCN(C(=O)c2ccc(NC(=O)c3ccccc3-c3ccccc3)cc2)c2ccccc2S1. The highest BCUT2D eigenvalue weighted by atomic mass is 32.2. The van der Waals surface area contributed by atoms with Crippen molar-refractivity contribution in [2.24, 2.45) is 0 Å². The first-order chi connectivity index (χ1) is 18.5. The summed E-state index contributed by atoms with van der Waals surface area (Å²) in [6.07, 6.45) is 0.915. The predicted octanol–water partition coefficient (Wildman–Crippen LogP) is 6.68. The number of amides is 2. The van der Waals surface area contributed by atoms with Gasteiger partial charge in [-0.1, -0.05) is 60.7 Å². The first-order valence-electron chi connectivity index (χ1n) is 12.8. The van der Waals surface area contributed by atoms with E-state index in [1.165, 1.54) is 0 Å². The summed E-state index contributed by atoms with van der Waals surface area (Å²) < 4.78 is 0. The van der Waals surface area contributed by atoms with Gasteiger partial charge in [0.25, 0.3) is 11.8 Å². The molecule has 192 valence electrons. The van der Waals surface area contributed by atoms with Crippen molar-refractivity contribution in [2.75, 3.05) is 37.4 Å². The predicted molar refractivity (Wildman–Crippen MR) is 157 cm³/mol. The number of carbonyl (C=O) groups is 2. The highest BCUT2D eigenvalue weighted by Gasteiger charge is 2.27. The first kappa shape index (κ1) is 25.8. The van der Waals surface area contributed by atoms with E-state index in [1.54, 1.807) is 24.3 Å². The molecule has 6 heteroatoms. The number of rotatable bonds is 6. The molecule has 0 aliphatic carbocycles. The number of hydrogen-bond acceptors (Lipinski definition) is 4. The molecule has 38 heavy (non-hydrogen) atoms. The largest absolute Gasteiger partial charge is 0.322 e. The van der Waals surface area contributed by atoms with Crippen LogP contribution in [-0.4, -0.2) is 49.1 Å². The maximum atomic E-state index is 13.6. The third-order valence-corrected chi connectivity index (χ3v) is 7.90. The highest BCUT2D eigenvalue weighted by molar-refractivity contribution is 8.00. The fourth-order valence-corrected chi connectivity index (χ4v) is 6.17. The second-order valence-electron chi connectivity index (χ2n) is 9.66. The van der Waals surface area contributed by atoms with Crippen molar-refractivity contribution in [3.05, 3.63) is 114 Å². The minimum Gasteiger partial charge on any atom is -0.322 e. The van der Waals surface area contributed by atoms with Crippen molar-refractivity contribution in [3.8, 4) is 11.1 Å². The molecule has 4 aromatic carbocycles. The molecular weight excluding hydrogens is 490 g/mol. The summed E-state index contributed by atoms with van der Waals surface area (Å²) in [7, 11) is 4.17. The molecule has 0 radical (unpaired) electrons. The van der Waals surface area contributed by atoms with E-state index in [-0.39, 0.29) is 11.8 Å². The lowest BCUT2D eigenvalue weighted by Gasteiger charge is -2.23. The Morgan fingerprint density at radius 2 is 1.55 bits per heavy atom. The highest BCUT2D eigenvalue weighted by Crippen LogP contribution is 2.38. The van der Waals surface area contributed by atoms with Gasteiger partial charge in [-0.25, -0.2) is 0 Å². The van der Waals surface area contributed by atoms with E-state index in [1.807, 2.05) is 89.5 Å². The second-order valence-corrected chi connectivity index (χ2v) is 11.0. The van der Waals surface area contributed by atoms with Crippen LogP contribution in [0.5, 0.6) is 0 Å². The number of nitrogens with one attached hydrogen (secondary N) is 1. The molecule has 1 N–H and O–H groups in total. The fraction of sp³-hybridized carbons (Fsp3) is 0.188. The number of benzene rings is 4. The summed E-state index contributed by atoms with van der Waals surface area (Å²) in [5.74, 6) is -0.218. The third kappa shape index (κ3) is 5.82. The van der Waals surface area contributed by atoms with Gasteiger partial charge in [-0.3, -0.25) is 9.59 Å². The zero-order valence-electron chi connectivity index (χ0n) is 21.6. The normalized spacial score (nSPS) is 15.0. The van der Waals surface area contributed by atoms with Crippen LogP contribution in [0, 0.1) is 0 Å². The Morgan fingerprint density at radius 3 is 2.32 bits per heavy atom. The Kier molecular flexibility index (Phi) is 7.91. The van der Waals surface area contributed by atoms with Crippen LogP contribution in [0.25, 0.3) is 11.1 Å². The van der Waals surface area contributed by atoms with Crippen molar-refractivity contribution in [2.45, 2.75) is 16.6 Å². The Hall–Kier alpha value is -3.87. The summed E-state index contributed by atoms with van der Waals surface area (Å²) >= 11 is 1.85. The number of para-hydroxylation sites is 1. The van der Waals surface area contributed by atoms with Crippen LogP contribution in [0.3, 0.4) is 0 Å². The molecular formula is C32H31N3O2S. The zero-order valence-corrected chi connectivity index (χ0v) is 22.4. The van der Waals surface area contributed by atoms with E-state index in [9.17, 15) is 9.59 Å². The molecule has 5 nitrogen and oxygen atoms in total. The van der Waals surface area contributed by atoms with Gasteiger partial charge in [0.1, 0.15) is 0 Å². The average molecular weight is 522 g/mol. The lowest BCUT2D eigenvalue weighted by atomic mass is 9.99. The van der Waals surface area contributed by atoms with Crippen LogP contribution in [0.2, 0.25) is 0 Å². The Labute approximate surface area is 228 Å². The van der Waals surface area contributed by atoms with Crippen LogP contribution in [0.4, 0.5) is 11.4 Å². The topological polar surface area (TPSA) is 52.6 Å². The van der Waals surface area contributed by atoms with Crippen LogP contribution >= 0.6 is 11.8 Å². The minimum absolute atomic E-state index is 0.0316. The van der Waals surface area contributed by atoms with Crippen molar-refractivity contribution in [1.82, 2.24) is 4.90 Å². The van der Waals surface area contributed by atoms with Gasteiger partial charge in [0.05, 0.1) is 5.69 Å². The van der Waals surface area contributed by atoms with Crippen LogP contribution in [-0.2, 0) is 0 Å². The number of hydrogen-bond donors (Lipinski definition) is 1. The molecule has 0 spiro atoms. The van der Waals surface area contributed by atoms with E-state index < -0.39 is 0 Å². The fourth-order valence-electron chi connectivity index (χ4n) is 4.76. The minimum atomic E-state index is -0.186. The molecule has 4 aromatic rings. The summed E-state index contributed by atoms with van der Waals surface area (Å²) in [4.78, 5) is 32.0. The molecule has 1 unspecified atom stereocenters. The van der Waals surface area contributed by atoms with E-state index in [0.717, 1.165) is 34.7 Å². The average Bonchev–Trinajstić information content (AvgIpc) is 3.12. The maximum absolute atomic E-state index is 13.6. The number of fused-ring (bicyclic) bond motifs is 1. The van der Waals surface area contributed by atoms with Crippen molar-refractivity contribution in [1.29, 1.82) is 0 Å². The van der Waals surface area contributed by atoms with Crippen LogP contribution in [0.15, 0.2) is 108 Å². The first-order valence-corrected chi connectivity index (χ1v) is 13.7. The monoisotopic (exact) mass is 521 g/mol. The van der Waals surface area contributed by atoms with Crippen molar-refractivity contribution < 1.29 is 9.59 Å². The Balaban J connectivity index is 1.33. The maximum Gasteiger partial charge on any atom is 0.258 e.